The summed E-state index contributed by atoms with van der Waals surface area (Å²) in [7, 11) is 1.28. The lowest BCUT2D eigenvalue weighted by Gasteiger charge is -2.21. The van der Waals surface area contributed by atoms with E-state index < -0.39 is 17.4 Å². The van der Waals surface area contributed by atoms with Gasteiger partial charge in [0, 0.05) is 22.6 Å². The van der Waals surface area contributed by atoms with Crippen LogP contribution in [-0.4, -0.2) is 33.0 Å². The van der Waals surface area contributed by atoms with E-state index in [1.807, 2.05) is 6.07 Å². The van der Waals surface area contributed by atoms with Gasteiger partial charge in [0.05, 0.1) is 19.1 Å². The van der Waals surface area contributed by atoms with Gasteiger partial charge in [-0.3, -0.25) is 9.59 Å². The summed E-state index contributed by atoms with van der Waals surface area (Å²) in [5, 5.41) is 29.9. The first-order chi connectivity index (χ1) is 15.2. The second-order valence-corrected chi connectivity index (χ2v) is 8.32. The highest BCUT2D eigenvalue weighted by atomic mass is 79.9. The number of esters is 1. The largest absolute Gasteiger partial charge is 0.507 e. The molecule has 0 saturated carbocycles. The van der Waals surface area contributed by atoms with E-state index in [4.69, 9.17) is 4.74 Å². The Morgan fingerprint density at radius 1 is 1.06 bits per heavy atom. The molecule has 0 fully saturated rings. The molecule has 1 atom stereocenters. The number of carbonyl (C=O) groups excluding carboxylic acids is 1. The van der Waals surface area contributed by atoms with Crippen LogP contribution >= 0.6 is 15.9 Å². The summed E-state index contributed by atoms with van der Waals surface area (Å²) in [4.78, 5) is 25.6. The van der Waals surface area contributed by atoms with Gasteiger partial charge in [-0.1, -0.05) is 40.2 Å². The van der Waals surface area contributed by atoms with Crippen molar-refractivity contribution in [3.05, 3.63) is 85.7 Å². The highest BCUT2D eigenvalue weighted by molar-refractivity contribution is 9.10. The van der Waals surface area contributed by atoms with Crippen molar-refractivity contribution in [3.63, 3.8) is 0 Å². The van der Waals surface area contributed by atoms with Crippen LogP contribution in [0.2, 0.25) is 0 Å². The van der Waals surface area contributed by atoms with Crippen LogP contribution in [0.3, 0.4) is 0 Å². The maximum Gasteiger partial charge on any atom is 0.306 e. The summed E-state index contributed by atoms with van der Waals surface area (Å²) in [5.74, 6) is -1.85. The Hall–Kier alpha value is -3.26. The van der Waals surface area contributed by atoms with E-state index in [9.17, 15) is 24.9 Å². The van der Waals surface area contributed by atoms with E-state index in [-0.39, 0.29) is 35.8 Å². The second-order valence-electron chi connectivity index (χ2n) is 7.47. The molecule has 0 saturated heterocycles. The lowest BCUT2D eigenvalue weighted by molar-refractivity contribution is -0.140. The SMILES string of the molecule is COC(=O)C[C@H](c1ccccc1Br)c1c(O)cc(C)n(CCc2ccc(O)c(O)c2)c1=O. The monoisotopic (exact) mass is 501 g/mol. The van der Waals surface area contributed by atoms with Crippen molar-refractivity contribution in [1.29, 1.82) is 0 Å². The third-order valence-electron chi connectivity index (χ3n) is 5.41. The van der Waals surface area contributed by atoms with Gasteiger partial charge in [-0.25, -0.2) is 0 Å². The zero-order valence-electron chi connectivity index (χ0n) is 17.7. The van der Waals surface area contributed by atoms with Crippen LogP contribution in [0.5, 0.6) is 17.2 Å². The van der Waals surface area contributed by atoms with Gasteiger partial charge in [0.25, 0.3) is 5.56 Å². The topological polar surface area (TPSA) is 109 Å². The number of phenols is 2. The Labute approximate surface area is 193 Å². The average Bonchev–Trinajstić information content (AvgIpc) is 2.75. The average molecular weight is 502 g/mol. The number of aromatic nitrogens is 1. The second kappa shape index (κ2) is 9.91. The number of hydrogen-bond donors (Lipinski definition) is 3. The van der Waals surface area contributed by atoms with Crippen LogP contribution in [-0.2, 0) is 22.5 Å². The minimum Gasteiger partial charge on any atom is -0.507 e. The standard InChI is InChI=1S/C24H24BrNO6/c1-14-11-21(29)23(17(13-22(30)32-2)16-5-3-4-6-18(16)25)24(31)26(14)10-9-15-7-8-19(27)20(28)12-15/h3-8,11-12,17,27-29H,9-10,13H2,1-2H3/t17-/m1/s1. The number of rotatable bonds is 7. The Kier molecular flexibility index (Phi) is 7.25. The van der Waals surface area contributed by atoms with Crippen molar-refractivity contribution in [2.75, 3.05) is 7.11 Å². The summed E-state index contributed by atoms with van der Waals surface area (Å²) in [6.07, 6.45) is 0.298. The molecule has 7 nitrogen and oxygen atoms in total. The van der Waals surface area contributed by atoms with Gasteiger partial charge in [-0.05, 0) is 48.7 Å². The van der Waals surface area contributed by atoms with Gasteiger partial charge in [0.2, 0.25) is 0 Å². The van der Waals surface area contributed by atoms with Crippen LogP contribution in [0.25, 0.3) is 0 Å². The Morgan fingerprint density at radius 2 is 1.78 bits per heavy atom. The number of hydrogen-bond acceptors (Lipinski definition) is 6. The molecule has 1 heterocycles. The fourth-order valence-electron chi connectivity index (χ4n) is 3.71. The lowest BCUT2D eigenvalue weighted by Crippen LogP contribution is -2.29. The molecule has 0 spiro atoms. The summed E-state index contributed by atoms with van der Waals surface area (Å²) < 4.78 is 7.07. The normalized spacial score (nSPS) is 11.8. The first-order valence-electron chi connectivity index (χ1n) is 9.98. The first-order valence-corrected chi connectivity index (χ1v) is 10.8. The van der Waals surface area contributed by atoms with Crippen molar-refractivity contribution in [2.24, 2.45) is 0 Å². The summed E-state index contributed by atoms with van der Waals surface area (Å²) in [6.45, 7) is 2.00. The predicted molar refractivity (Wildman–Crippen MR) is 123 cm³/mol. The van der Waals surface area contributed by atoms with Crippen molar-refractivity contribution in [1.82, 2.24) is 4.57 Å². The van der Waals surface area contributed by atoms with E-state index in [1.54, 1.807) is 31.2 Å². The smallest absolute Gasteiger partial charge is 0.306 e. The van der Waals surface area contributed by atoms with Gasteiger partial charge >= 0.3 is 5.97 Å². The number of halogens is 1. The zero-order chi connectivity index (χ0) is 23.4. The fraction of sp³-hybridized carbons (Fsp3) is 0.250. The van der Waals surface area contributed by atoms with Gasteiger partial charge in [0.1, 0.15) is 5.75 Å². The first kappa shape index (κ1) is 23.4. The molecule has 168 valence electrons. The number of aryl methyl sites for hydroxylation is 2. The summed E-state index contributed by atoms with van der Waals surface area (Å²) in [6, 6.07) is 13.2. The van der Waals surface area contributed by atoms with E-state index in [1.165, 1.54) is 29.9 Å². The number of nitrogens with zero attached hydrogens (tertiary/aromatic N) is 1. The molecule has 0 amide bonds. The van der Waals surface area contributed by atoms with Crippen molar-refractivity contribution in [3.8, 4) is 17.2 Å². The third-order valence-corrected chi connectivity index (χ3v) is 6.14. The third kappa shape index (κ3) is 4.96. The highest BCUT2D eigenvalue weighted by Crippen LogP contribution is 2.36. The number of methoxy groups -OCH3 is 1. The molecule has 0 bridgehead atoms. The molecule has 32 heavy (non-hydrogen) atoms. The maximum atomic E-state index is 13.5. The van der Waals surface area contributed by atoms with Gasteiger partial charge in [-0.15, -0.1) is 0 Å². The van der Waals surface area contributed by atoms with Crippen LogP contribution in [0.4, 0.5) is 0 Å². The molecule has 1 aromatic heterocycles. The Bertz CT molecular complexity index is 1200. The van der Waals surface area contributed by atoms with Gasteiger partial charge < -0.3 is 24.6 Å². The van der Waals surface area contributed by atoms with Crippen LogP contribution in [0.1, 0.15) is 34.7 Å². The number of aromatic hydroxyl groups is 3. The zero-order valence-corrected chi connectivity index (χ0v) is 19.3. The van der Waals surface area contributed by atoms with Crippen LogP contribution < -0.4 is 5.56 Å². The number of benzene rings is 2. The van der Waals surface area contributed by atoms with E-state index in [2.05, 4.69) is 15.9 Å². The Balaban J connectivity index is 2.06. The number of carbonyl (C=O) groups is 1. The molecule has 3 rings (SSSR count). The highest BCUT2D eigenvalue weighted by Gasteiger charge is 2.27. The lowest BCUT2D eigenvalue weighted by atomic mass is 9.88. The maximum absolute atomic E-state index is 13.5. The molecule has 0 aliphatic rings. The number of phenolic OH excluding ortho intramolecular Hbond substituents is 2. The fourth-order valence-corrected chi connectivity index (χ4v) is 4.28. The molecule has 0 unspecified atom stereocenters. The quantitative estimate of drug-likeness (QED) is 0.333. The molecule has 8 heteroatoms. The van der Waals surface area contributed by atoms with Crippen LogP contribution in [0.15, 0.2) is 57.8 Å². The van der Waals surface area contributed by atoms with Gasteiger partial charge in [-0.2, -0.15) is 0 Å². The predicted octanol–water partition coefficient (Wildman–Crippen LogP) is 3.97. The number of pyridine rings is 1. The minimum atomic E-state index is -0.713. The molecule has 3 N–H and O–H groups in total. The molecule has 2 aromatic carbocycles. The molecular weight excluding hydrogens is 478 g/mol. The summed E-state index contributed by atoms with van der Waals surface area (Å²) >= 11 is 3.48. The van der Waals surface area contributed by atoms with E-state index in [0.29, 0.717) is 22.2 Å². The molecule has 0 aliphatic carbocycles. The molecule has 0 aliphatic heterocycles. The molecular formula is C24H24BrNO6. The number of ether oxygens (including phenoxy) is 1. The van der Waals surface area contributed by atoms with Gasteiger partial charge in [0.15, 0.2) is 11.5 Å². The van der Waals surface area contributed by atoms with Crippen molar-refractivity contribution in [2.45, 2.75) is 32.2 Å². The van der Waals surface area contributed by atoms with E-state index >= 15 is 0 Å². The molecule has 0 radical (unpaired) electrons. The van der Waals surface area contributed by atoms with Crippen molar-refractivity contribution >= 4 is 21.9 Å². The summed E-state index contributed by atoms with van der Waals surface area (Å²) in [5.41, 5.74) is 1.68. The molecule has 3 aromatic rings. The van der Waals surface area contributed by atoms with Crippen LogP contribution in [0, 0.1) is 6.92 Å². The Morgan fingerprint density at radius 3 is 2.44 bits per heavy atom. The van der Waals surface area contributed by atoms with Crippen molar-refractivity contribution < 1.29 is 24.9 Å². The van der Waals surface area contributed by atoms with E-state index in [0.717, 1.165) is 5.56 Å². The minimum absolute atomic E-state index is 0.112.